The van der Waals surface area contributed by atoms with Crippen molar-refractivity contribution in [2.24, 2.45) is 0 Å². The molecule has 1 atom stereocenters. The van der Waals surface area contributed by atoms with Crippen molar-refractivity contribution in [2.45, 2.75) is 19.1 Å². The molecule has 0 radical (unpaired) electrons. The largest absolute Gasteiger partial charge is 0.493 e. The average molecular weight is 272 g/mol. The van der Waals surface area contributed by atoms with Crippen molar-refractivity contribution in [3.05, 3.63) is 22.7 Å². The van der Waals surface area contributed by atoms with E-state index in [0.717, 1.165) is 25.1 Å². The third-order valence-corrected chi connectivity index (χ3v) is 3.43. The summed E-state index contributed by atoms with van der Waals surface area (Å²) in [6, 6.07) is 3.81. The van der Waals surface area contributed by atoms with E-state index in [1.165, 1.54) is 0 Å². The molecule has 4 nitrogen and oxygen atoms in total. The molecule has 100 valence electrons. The van der Waals surface area contributed by atoms with Gasteiger partial charge in [-0.15, -0.1) is 0 Å². The molecular weight excluding hydrogens is 254 g/mol. The number of ether oxygens (including phenoxy) is 2. The van der Waals surface area contributed by atoms with Crippen LogP contribution in [-0.2, 0) is 6.54 Å². The predicted molar refractivity (Wildman–Crippen MR) is 70.5 cm³/mol. The Balaban J connectivity index is 2.16. The quantitative estimate of drug-likeness (QED) is 0.909. The molecule has 18 heavy (non-hydrogen) atoms. The van der Waals surface area contributed by atoms with Gasteiger partial charge in [-0.3, -0.25) is 4.90 Å². The molecule has 1 aromatic carbocycles. The maximum absolute atomic E-state index is 9.50. The number of methoxy groups -OCH3 is 2. The van der Waals surface area contributed by atoms with Gasteiger partial charge in [0.25, 0.3) is 0 Å². The number of aliphatic hydroxyl groups is 1. The van der Waals surface area contributed by atoms with E-state index in [2.05, 4.69) is 4.90 Å². The lowest BCUT2D eigenvalue weighted by molar-refractivity contribution is 0.174. The Labute approximate surface area is 112 Å². The van der Waals surface area contributed by atoms with Gasteiger partial charge in [0.1, 0.15) is 0 Å². The number of hydrogen-bond donors (Lipinski definition) is 1. The van der Waals surface area contributed by atoms with Crippen LogP contribution in [0.5, 0.6) is 11.5 Å². The standard InChI is InChI=1S/C13H18ClNO3/c1-17-12-6-9(5-11(14)13(12)18-2)7-15-4-3-10(16)8-15/h5-6,10,16H,3-4,7-8H2,1-2H3/t10-/m1/s1. The number of rotatable bonds is 4. The van der Waals surface area contributed by atoms with E-state index < -0.39 is 0 Å². The number of benzene rings is 1. The molecule has 1 aromatic rings. The smallest absolute Gasteiger partial charge is 0.179 e. The van der Waals surface area contributed by atoms with Crippen LogP contribution in [0, 0.1) is 0 Å². The van der Waals surface area contributed by atoms with Gasteiger partial charge in [-0.25, -0.2) is 0 Å². The molecule has 1 aliphatic heterocycles. The van der Waals surface area contributed by atoms with Crippen molar-refractivity contribution in [1.82, 2.24) is 4.90 Å². The van der Waals surface area contributed by atoms with Crippen molar-refractivity contribution < 1.29 is 14.6 Å². The minimum atomic E-state index is -0.208. The van der Waals surface area contributed by atoms with Crippen LogP contribution < -0.4 is 9.47 Å². The van der Waals surface area contributed by atoms with Crippen LogP contribution in [0.4, 0.5) is 0 Å². The Bertz CT molecular complexity index is 425. The molecule has 1 fully saturated rings. The molecule has 5 heteroatoms. The third-order valence-electron chi connectivity index (χ3n) is 3.15. The molecule has 0 spiro atoms. The lowest BCUT2D eigenvalue weighted by Crippen LogP contribution is -2.21. The lowest BCUT2D eigenvalue weighted by atomic mass is 10.2. The van der Waals surface area contributed by atoms with Crippen LogP contribution in [0.1, 0.15) is 12.0 Å². The number of halogens is 1. The Kier molecular flexibility index (Phi) is 4.32. The van der Waals surface area contributed by atoms with Crippen LogP contribution in [0.15, 0.2) is 12.1 Å². The summed E-state index contributed by atoms with van der Waals surface area (Å²) in [6.07, 6.45) is 0.627. The van der Waals surface area contributed by atoms with Gasteiger partial charge < -0.3 is 14.6 Å². The molecule has 0 aromatic heterocycles. The third kappa shape index (κ3) is 2.88. The topological polar surface area (TPSA) is 41.9 Å². The number of likely N-dealkylation sites (tertiary alicyclic amines) is 1. The van der Waals surface area contributed by atoms with E-state index in [1.807, 2.05) is 12.1 Å². The Morgan fingerprint density at radius 2 is 2.17 bits per heavy atom. The molecule has 1 saturated heterocycles. The monoisotopic (exact) mass is 271 g/mol. The van der Waals surface area contributed by atoms with Crippen LogP contribution in [0.3, 0.4) is 0 Å². The summed E-state index contributed by atoms with van der Waals surface area (Å²) in [5.41, 5.74) is 1.06. The van der Waals surface area contributed by atoms with Crippen LogP contribution in [0.25, 0.3) is 0 Å². The summed E-state index contributed by atoms with van der Waals surface area (Å²) in [5.74, 6) is 1.20. The highest BCUT2D eigenvalue weighted by Crippen LogP contribution is 2.36. The van der Waals surface area contributed by atoms with Crippen molar-refractivity contribution in [3.63, 3.8) is 0 Å². The summed E-state index contributed by atoms with van der Waals surface area (Å²) in [6.45, 7) is 2.39. The van der Waals surface area contributed by atoms with E-state index in [9.17, 15) is 5.11 Å². The highest BCUT2D eigenvalue weighted by Gasteiger charge is 2.21. The zero-order chi connectivity index (χ0) is 13.1. The molecule has 0 saturated carbocycles. The number of β-amino-alcohol motifs (C(OH)–C–C–N with tert-alkyl or cyclic N) is 1. The van der Waals surface area contributed by atoms with Gasteiger partial charge in [-0.1, -0.05) is 11.6 Å². The molecule has 2 rings (SSSR count). The van der Waals surface area contributed by atoms with Gasteiger partial charge >= 0.3 is 0 Å². The number of aliphatic hydroxyl groups excluding tert-OH is 1. The minimum absolute atomic E-state index is 0.208. The summed E-state index contributed by atoms with van der Waals surface area (Å²) < 4.78 is 10.5. The van der Waals surface area contributed by atoms with E-state index in [0.29, 0.717) is 23.1 Å². The van der Waals surface area contributed by atoms with Crippen LogP contribution in [0.2, 0.25) is 5.02 Å². The Morgan fingerprint density at radius 1 is 1.39 bits per heavy atom. The molecular formula is C13H18ClNO3. The van der Waals surface area contributed by atoms with Gasteiger partial charge in [-0.2, -0.15) is 0 Å². The molecule has 0 aliphatic carbocycles. The normalized spacial score (nSPS) is 20.1. The highest BCUT2D eigenvalue weighted by atomic mass is 35.5. The molecule has 1 N–H and O–H groups in total. The zero-order valence-electron chi connectivity index (χ0n) is 10.6. The van der Waals surface area contributed by atoms with E-state index in [1.54, 1.807) is 14.2 Å². The van der Waals surface area contributed by atoms with Crippen LogP contribution >= 0.6 is 11.6 Å². The number of hydrogen-bond acceptors (Lipinski definition) is 4. The predicted octanol–water partition coefficient (Wildman–Crippen LogP) is 1.92. The minimum Gasteiger partial charge on any atom is -0.493 e. The lowest BCUT2D eigenvalue weighted by Gasteiger charge is -2.17. The van der Waals surface area contributed by atoms with Gasteiger partial charge in [0.2, 0.25) is 0 Å². The maximum atomic E-state index is 9.50. The molecule has 1 aliphatic rings. The van der Waals surface area contributed by atoms with Crippen molar-refractivity contribution >= 4 is 11.6 Å². The summed E-state index contributed by atoms with van der Waals surface area (Å²) in [7, 11) is 3.16. The molecule has 0 unspecified atom stereocenters. The highest BCUT2D eigenvalue weighted by molar-refractivity contribution is 6.32. The molecule has 0 bridgehead atoms. The second kappa shape index (κ2) is 5.78. The first-order valence-electron chi connectivity index (χ1n) is 5.95. The van der Waals surface area contributed by atoms with Crippen LogP contribution in [-0.4, -0.2) is 43.4 Å². The second-order valence-electron chi connectivity index (χ2n) is 4.49. The second-order valence-corrected chi connectivity index (χ2v) is 4.90. The van der Waals surface area contributed by atoms with Gasteiger partial charge in [-0.05, 0) is 24.1 Å². The summed E-state index contributed by atoms with van der Waals surface area (Å²) in [4.78, 5) is 2.20. The zero-order valence-corrected chi connectivity index (χ0v) is 11.4. The van der Waals surface area contributed by atoms with Gasteiger partial charge in [0.05, 0.1) is 25.3 Å². The molecule has 1 heterocycles. The van der Waals surface area contributed by atoms with Crippen molar-refractivity contribution in [3.8, 4) is 11.5 Å². The number of nitrogens with zero attached hydrogens (tertiary/aromatic N) is 1. The summed E-state index contributed by atoms with van der Waals surface area (Å²) >= 11 is 6.15. The van der Waals surface area contributed by atoms with Gasteiger partial charge in [0.15, 0.2) is 11.5 Å². The Morgan fingerprint density at radius 3 is 2.72 bits per heavy atom. The summed E-state index contributed by atoms with van der Waals surface area (Å²) in [5, 5.41) is 10.1. The van der Waals surface area contributed by atoms with E-state index >= 15 is 0 Å². The fraction of sp³-hybridized carbons (Fsp3) is 0.538. The Hall–Kier alpha value is -0.970. The SMILES string of the molecule is COc1cc(CN2CC[C@@H](O)C2)cc(Cl)c1OC. The average Bonchev–Trinajstić information content (AvgIpc) is 2.74. The van der Waals surface area contributed by atoms with E-state index in [-0.39, 0.29) is 6.10 Å². The first-order chi connectivity index (χ1) is 8.63. The molecule has 0 amide bonds. The first-order valence-corrected chi connectivity index (χ1v) is 6.32. The maximum Gasteiger partial charge on any atom is 0.179 e. The van der Waals surface area contributed by atoms with Crippen molar-refractivity contribution in [2.75, 3.05) is 27.3 Å². The fourth-order valence-electron chi connectivity index (χ4n) is 2.28. The first kappa shape index (κ1) is 13.5. The van der Waals surface area contributed by atoms with Gasteiger partial charge in [0, 0.05) is 19.6 Å². The van der Waals surface area contributed by atoms with E-state index in [4.69, 9.17) is 21.1 Å². The van der Waals surface area contributed by atoms with Crippen molar-refractivity contribution in [1.29, 1.82) is 0 Å². The fourth-order valence-corrected chi connectivity index (χ4v) is 2.59.